The van der Waals surface area contributed by atoms with Gasteiger partial charge < -0.3 is 25.5 Å². The predicted molar refractivity (Wildman–Crippen MR) is 162 cm³/mol. The molecule has 5 rings (SSSR count). The van der Waals surface area contributed by atoms with E-state index in [0.717, 1.165) is 50.9 Å². The Bertz CT molecular complexity index is 1380. The zero-order valence-corrected chi connectivity index (χ0v) is 23.8. The topological polar surface area (TPSA) is 101 Å². The molecule has 0 aliphatic heterocycles. The lowest BCUT2D eigenvalue weighted by atomic mass is 9.74. The minimum Gasteiger partial charge on any atom is -0.508 e. The zero-order valence-electron chi connectivity index (χ0n) is 23.8. The van der Waals surface area contributed by atoms with Gasteiger partial charge in [0.05, 0.1) is 6.10 Å². The summed E-state index contributed by atoms with van der Waals surface area (Å²) < 4.78 is 0. The Labute approximate surface area is 242 Å². The van der Waals surface area contributed by atoms with E-state index in [1.165, 1.54) is 0 Å². The van der Waals surface area contributed by atoms with E-state index in [1.807, 2.05) is 62.4 Å². The Morgan fingerprint density at radius 2 is 0.902 bits per heavy atom. The molecule has 4 aromatic carbocycles. The highest BCUT2D eigenvalue weighted by Crippen LogP contribution is 2.39. The van der Waals surface area contributed by atoms with Gasteiger partial charge >= 0.3 is 0 Å². The largest absolute Gasteiger partial charge is 0.508 e. The zero-order chi connectivity index (χ0) is 29.1. The molecular formula is C36H40O5. The highest BCUT2D eigenvalue weighted by Gasteiger charge is 2.29. The molecule has 5 nitrogen and oxygen atoms in total. The van der Waals surface area contributed by atoms with Gasteiger partial charge in [0.15, 0.2) is 0 Å². The van der Waals surface area contributed by atoms with Gasteiger partial charge in [-0.25, -0.2) is 0 Å². The first-order chi connectivity index (χ1) is 19.6. The number of aryl methyl sites for hydroxylation is 2. The van der Waals surface area contributed by atoms with Crippen LogP contribution < -0.4 is 0 Å². The molecule has 5 N–H and O–H groups in total. The lowest BCUT2D eigenvalue weighted by Crippen LogP contribution is -2.28. The van der Waals surface area contributed by atoms with Crippen molar-refractivity contribution in [1.29, 1.82) is 0 Å². The third kappa shape index (κ3) is 7.22. The summed E-state index contributed by atoms with van der Waals surface area (Å²) in [7, 11) is 0. The minimum absolute atomic E-state index is 0.223. The standard InChI is InChI=1S/C36H40O5/c1-22-11-28(16-24-3-7-32(37)8-4-24)35(40)30(13-22)18-26-15-27(21-34(39)20-26)19-31-14-23(2)12-29(36(31)41)17-25-5-9-33(38)10-6-25/h3-14,26-27,34,37-41H,15-21H2,1-2H3. The van der Waals surface area contributed by atoms with E-state index in [2.05, 4.69) is 0 Å². The van der Waals surface area contributed by atoms with Gasteiger partial charge in [-0.2, -0.15) is 0 Å². The second-order valence-electron chi connectivity index (χ2n) is 12.1. The molecule has 0 spiro atoms. The highest BCUT2D eigenvalue weighted by molar-refractivity contribution is 5.47. The molecule has 0 saturated heterocycles. The molecule has 2 unspecified atom stereocenters. The lowest BCUT2D eigenvalue weighted by molar-refractivity contribution is 0.0694. The highest BCUT2D eigenvalue weighted by atomic mass is 16.3. The summed E-state index contributed by atoms with van der Waals surface area (Å²) in [5, 5.41) is 52.4. The maximum atomic E-state index is 11.2. The van der Waals surface area contributed by atoms with E-state index in [0.29, 0.717) is 50.0 Å². The van der Waals surface area contributed by atoms with Gasteiger partial charge in [-0.3, -0.25) is 0 Å². The van der Waals surface area contributed by atoms with Crippen LogP contribution in [0.2, 0.25) is 0 Å². The molecule has 0 bridgehead atoms. The van der Waals surface area contributed by atoms with Crippen LogP contribution >= 0.6 is 0 Å². The van der Waals surface area contributed by atoms with Crippen LogP contribution in [-0.2, 0) is 25.7 Å². The summed E-state index contributed by atoms with van der Waals surface area (Å²) in [6, 6.07) is 22.3. The summed E-state index contributed by atoms with van der Waals surface area (Å²) in [5.74, 6) is 1.52. The molecule has 0 radical (unpaired) electrons. The quantitative estimate of drug-likeness (QED) is 0.164. The van der Waals surface area contributed by atoms with Crippen molar-refractivity contribution in [3.63, 3.8) is 0 Å². The molecule has 2 atom stereocenters. The summed E-state index contributed by atoms with van der Waals surface area (Å²) in [5.41, 5.74) is 7.76. The third-order valence-corrected chi connectivity index (χ3v) is 8.38. The van der Waals surface area contributed by atoms with Crippen molar-refractivity contribution in [2.75, 3.05) is 0 Å². The summed E-state index contributed by atoms with van der Waals surface area (Å²) in [6.07, 6.45) is 4.44. The fourth-order valence-corrected chi connectivity index (χ4v) is 6.60. The molecular weight excluding hydrogens is 512 g/mol. The van der Waals surface area contributed by atoms with Crippen LogP contribution in [0, 0.1) is 25.7 Å². The molecule has 214 valence electrons. The normalized spacial score (nSPS) is 18.9. The van der Waals surface area contributed by atoms with Crippen molar-refractivity contribution in [1.82, 2.24) is 0 Å². The first-order valence-electron chi connectivity index (χ1n) is 14.5. The summed E-state index contributed by atoms with van der Waals surface area (Å²) >= 11 is 0. The molecule has 1 fully saturated rings. The average molecular weight is 553 g/mol. The van der Waals surface area contributed by atoms with Crippen molar-refractivity contribution in [3.8, 4) is 23.0 Å². The fourth-order valence-electron chi connectivity index (χ4n) is 6.60. The van der Waals surface area contributed by atoms with Crippen molar-refractivity contribution < 1.29 is 25.5 Å². The number of hydrogen-bond acceptors (Lipinski definition) is 5. The van der Waals surface area contributed by atoms with Gasteiger partial charge in [0, 0.05) is 12.8 Å². The van der Waals surface area contributed by atoms with Gasteiger partial charge in [-0.1, -0.05) is 59.7 Å². The predicted octanol–water partition coefficient (Wildman–Crippen LogP) is 6.87. The van der Waals surface area contributed by atoms with Crippen LogP contribution in [0.1, 0.15) is 63.8 Å². The molecule has 5 heteroatoms. The number of aliphatic hydroxyl groups excluding tert-OH is 1. The van der Waals surface area contributed by atoms with Crippen LogP contribution in [0.3, 0.4) is 0 Å². The number of aliphatic hydroxyl groups is 1. The molecule has 1 saturated carbocycles. The Hall–Kier alpha value is -3.96. The number of hydrogen-bond donors (Lipinski definition) is 5. The number of benzene rings is 4. The molecule has 0 aromatic heterocycles. The van der Waals surface area contributed by atoms with Gasteiger partial charge in [0.1, 0.15) is 23.0 Å². The smallest absolute Gasteiger partial charge is 0.122 e. The maximum absolute atomic E-state index is 11.2. The first kappa shape index (κ1) is 28.6. The monoisotopic (exact) mass is 552 g/mol. The molecule has 1 aliphatic carbocycles. The van der Waals surface area contributed by atoms with Gasteiger partial charge in [0.2, 0.25) is 0 Å². The SMILES string of the molecule is Cc1cc(Cc2ccc(O)cc2)c(O)c(CC2CC(O)CC(Cc3cc(C)cc(Cc4ccc(O)cc4)c3O)C2)c1. The van der Waals surface area contributed by atoms with Crippen LogP contribution in [0.15, 0.2) is 72.8 Å². The Kier molecular flexibility index (Phi) is 8.55. The minimum atomic E-state index is -0.411. The molecule has 4 aromatic rings. The van der Waals surface area contributed by atoms with Gasteiger partial charge in [-0.15, -0.1) is 0 Å². The van der Waals surface area contributed by atoms with Crippen LogP contribution in [0.5, 0.6) is 23.0 Å². The van der Waals surface area contributed by atoms with Crippen LogP contribution in [0.25, 0.3) is 0 Å². The van der Waals surface area contributed by atoms with Crippen molar-refractivity contribution in [2.24, 2.45) is 11.8 Å². The average Bonchev–Trinajstić information content (AvgIpc) is 2.91. The fraction of sp³-hybridized carbons (Fsp3) is 0.333. The first-order valence-corrected chi connectivity index (χ1v) is 14.5. The van der Waals surface area contributed by atoms with Crippen LogP contribution in [-0.4, -0.2) is 31.6 Å². The van der Waals surface area contributed by atoms with Crippen molar-refractivity contribution in [2.45, 2.75) is 64.9 Å². The van der Waals surface area contributed by atoms with E-state index >= 15 is 0 Å². The number of phenolic OH excluding ortho intramolecular Hbond substituents is 4. The molecule has 1 aliphatic rings. The van der Waals surface area contributed by atoms with Crippen LogP contribution in [0.4, 0.5) is 0 Å². The van der Waals surface area contributed by atoms with E-state index in [9.17, 15) is 25.5 Å². The maximum Gasteiger partial charge on any atom is 0.122 e. The van der Waals surface area contributed by atoms with Gasteiger partial charge in [-0.05, 0) is 115 Å². The number of rotatable bonds is 8. The Morgan fingerprint density at radius 3 is 1.29 bits per heavy atom. The molecule has 0 amide bonds. The Morgan fingerprint density at radius 1 is 0.537 bits per heavy atom. The van der Waals surface area contributed by atoms with E-state index < -0.39 is 6.10 Å². The summed E-state index contributed by atoms with van der Waals surface area (Å²) in [4.78, 5) is 0. The number of aromatic hydroxyl groups is 4. The Balaban J connectivity index is 1.31. The van der Waals surface area contributed by atoms with Crippen molar-refractivity contribution in [3.05, 3.63) is 117 Å². The van der Waals surface area contributed by atoms with Gasteiger partial charge in [0.25, 0.3) is 0 Å². The second kappa shape index (κ2) is 12.3. The van der Waals surface area contributed by atoms with Crippen molar-refractivity contribution >= 4 is 0 Å². The van der Waals surface area contributed by atoms with E-state index in [4.69, 9.17) is 0 Å². The summed E-state index contributed by atoms with van der Waals surface area (Å²) in [6.45, 7) is 4.08. The lowest BCUT2D eigenvalue weighted by Gasteiger charge is -2.33. The molecule has 0 heterocycles. The van der Waals surface area contributed by atoms with E-state index in [-0.39, 0.29) is 23.3 Å². The van der Waals surface area contributed by atoms with E-state index in [1.54, 1.807) is 24.3 Å². The third-order valence-electron chi connectivity index (χ3n) is 8.38. The molecule has 41 heavy (non-hydrogen) atoms. The number of phenols is 4. The second-order valence-corrected chi connectivity index (χ2v) is 12.1.